The van der Waals surface area contributed by atoms with Crippen molar-refractivity contribution in [1.82, 2.24) is 4.90 Å². The molecule has 0 aromatic rings. The number of carboxylic acid groups (broad SMARTS) is 1. The van der Waals surface area contributed by atoms with Crippen LogP contribution < -0.4 is 0 Å². The van der Waals surface area contributed by atoms with Gasteiger partial charge in [0, 0.05) is 19.5 Å². The van der Waals surface area contributed by atoms with E-state index in [1.54, 1.807) is 0 Å². The monoisotopic (exact) mass is 530 g/mol. The molecule has 0 aromatic heterocycles. The number of aliphatic hydroxyl groups is 2. The second kappa shape index (κ2) is 35.4. The highest BCUT2D eigenvalue weighted by molar-refractivity contribution is 5.66. The fraction of sp³-hybridized carbons (Fsp3) is 0.969. The maximum atomic E-state index is 10.2. The minimum Gasteiger partial charge on any atom is -0.481 e. The summed E-state index contributed by atoms with van der Waals surface area (Å²) in [5.74, 6) is -0.659. The Kier molecular flexibility index (Phi) is 36.8. The molecule has 0 aliphatic heterocycles. The van der Waals surface area contributed by atoms with E-state index in [9.17, 15) is 4.79 Å². The Labute approximate surface area is 231 Å². The average Bonchev–Trinajstić information content (AvgIpc) is 2.88. The molecule has 5 heteroatoms. The van der Waals surface area contributed by atoms with Crippen LogP contribution in [0.4, 0.5) is 0 Å². The number of nitrogens with zero attached hydrogens (tertiary/aromatic N) is 1. The van der Waals surface area contributed by atoms with E-state index >= 15 is 0 Å². The number of hydrogen-bond acceptors (Lipinski definition) is 4. The van der Waals surface area contributed by atoms with Gasteiger partial charge >= 0.3 is 5.97 Å². The van der Waals surface area contributed by atoms with Crippen molar-refractivity contribution in [3.63, 3.8) is 0 Å². The van der Waals surface area contributed by atoms with E-state index in [-0.39, 0.29) is 13.2 Å². The van der Waals surface area contributed by atoms with Gasteiger partial charge in [0.1, 0.15) is 0 Å². The maximum absolute atomic E-state index is 10.2. The number of hydrogen-bond donors (Lipinski definition) is 3. The molecule has 0 saturated heterocycles. The minimum absolute atomic E-state index is 0.193. The average molecular weight is 530 g/mol. The van der Waals surface area contributed by atoms with Gasteiger partial charge in [-0.25, -0.2) is 0 Å². The standard InChI is InChI=1S/C20H43NO2.C12H24O2/c1-2-3-4-5-6-7-8-9-10-11-12-13-14-15-16-21(17-19-22)18-20-23;1-2-3-4-5-6-7-8-9-10-11-12(13)14/h22-23H,2-20H2,1H3;2-11H2,1H3,(H,13,14). The smallest absolute Gasteiger partial charge is 0.303 e. The molecule has 0 aromatic carbocycles. The quantitative estimate of drug-likeness (QED) is 0.0844. The van der Waals surface area contributed by atoms with Gasteiger partial charge in [-0.05, 0) is 19.4 Å². The Balaban J connectivity index is 0. The molecule has 5 nitrogen and oxygen atoms in total. The highest BCUT2D eigenvalue weighted by Crippen LogP contribution is 2.13. The van der Waals surface area contributed by atoms with Crippen molar-refractivity contribution in [2.75, 3.05) is 32.8 Å². The molecule has 0 unspecified atom stereocenters. The zero-order chi connectivity index (χ0) is 27.7. The summed E-state index contributed by atoms with van der Waals surface area (Å²) < 4.78 is 0. The Hall–Kier alpha value is -0.650. The van der Waals surface area contributed by atoms with Crippen molar-refractivity contribution in [3.8, 4) is 0 Å². The van der Waals surface area contributed by atoms with Gasteiger partial charge in [0.25, 0.3) is 0 Å². The first-order valence-electron chi connectivity index (χ1n) is 16.3. The van der Waals surface area contributed by atoms with Crippen LogP contribution in [0.1, 0.15) is 168 Å². The molecule has 0 saturated carbocycles. The number of aliphatic carboxylic acids is 1. The molecule has 0 bridgehead atoms. The van der Waals surface area contributed by atoms with Crippen LogP contribution >= 0.6 is 0 Å². The van der Waals surface area contributed by atoms with E-state index < -0.39 is 5.97 Å². The number of carbonyl (C=O) groups is 1. The Morgan fingerprint density at radius 2 is 0.757 bits per heavy atom. The first-order valence-corrected chi connectivity index (χ1v) is 16.3. The van der Waals surface area contributed by atoms with Crippen molar-refractivity contribution in [1.29, 1.82) is 0 Å². The SMILES string of the molecule is CCCCCCCCCCCC(=O)O.CCCCCCCCCCCCCCCCN(CCO)CCO. The predicted octanol–water partition coefficient (Wildman–Crippen LogP) is 8.75. The Morgan fingerprint density at radius 3 is 1.05 bits per heavy atom. The largest absolute Gasteiger partial charge is 0.481 e. The summed E-state index contributed by atoms with van der Waals surface area (Å²) in [4.78, 5) is 12.4. The highest BCUT2D eigenvalue weighted by atomic mass is 16.4. The van der Waals surface area contributed by atoms with Crippen molar-refractivity contribution in [2.24, 2.45) is 0 Å². The van der Waals surface area contributed by atoms with Gasteiger partial charge in [0.15, 0.2) is 0 Å². The fourth-order valence-corrected chi connectivity index (χ4v) is 4.74. The number of rotatable bonds is 29. The molecule has 3 N–H and O–H groups in total. The maximum Gasteiger partial charge on any atom is 0.303 e. The topological polar surface area (TPSA) is 81.0 Å². The molecule has 37 heavy (non-hydrogen) atoms. The van der Waals surface area contributed by atoms with Crippen LogP contribution in [0.3, 0.4) is 0 Å². The molecule has 0 amide bonds. The van der Waals surface area contributed by atoms with Crippen LogP contribution in [0.25, 0.3) is 0 Å². The molecule has 0 aliphatic rings. The van der Waals surface area contributed by atoms with Gasteiger partial charge in [0.2, 0.25) is 0 Å². The first-order chi connectivity index (χ1) is 18.1. The second-order valence-electron chi connectivity index (χ2n) is 10.9. The van der Waals surface area contributed by atoms with Crippen molar-refractivity contribution in [3.05, 3.63) is 0 Å². The number of carboxylic acids is 1. The third-order valence-corrected chi connectivity index (χ3v) is 7.15. The Morgan fingerprint density at radius 1 is 0.459 bits per heavy atom. The van der Waals surface area contributed by atoms with E-state index in [1.807, 2.05) is 0 Å². The van der Waals surface area contributed by atoms with Gasteiger partial charge in [0.05, 0.1) is 13.2 Å². The second-order valence-corrected chi connectivity index (χ2v) is 10.9. The lowest BCUT2D eigenvalue weighted by molar-refractivity contribution is -0.137. The van der Waals surface area contributed by atoms with Crippen LogP contribution in [0, 0.1) is 0 Å². The first kappa shape index (κ1) is 38.5. The van der Waals surface area contributed by atoms with Gasteiger partial charge in [-0.2, -0.15) is 0 Å². The molecule has 0 fully saturated rings. The van der Waals surface area contributed by atoms with E-state index in [4.69, 9.17) is 15.3 Å². The molecule has 0 heterocycles. The van der Waals surface area contributed by atoms with Crippen molar-refractivity contribution >= 4 is 5.97 Å². The van der Waals surface area contributed by atoms with Gasteiger partial charge in [-0.15, -0.1) is 0 Å². The zero-order valence-corrected chi connectivity index (χ0v) is 25.2. The van der Waals surface area contributed by atoms with Crippen LogP contribution in [0.5, 0.6) is 0 Å². The summed E-state index contributed by atoms with van der Waals surface area (Å²) in [7, 11) is 0. The van der Waals surface area contributed by atoms with Gasteiger partial charge in [-0.3, -0.25) is 9.69 Å². The minimum atomic E-state index is -0.659. The van der Waals surface area contributed by atoms with E-state index in [0.717, 1.165) is 19.4 Å². The zero-order valence-electron chi connectivity index (χ0n) is 25.2. The lowest BCUT2D eigenvalue weighted by Crippen LogP contribution is -2.30. The van der Waals surface area contributed by atoms with Crippen LogP contribution in [0.2, 0.25) is 0 Å². The summed E-state index contributed by atoms with van der Waals surface area (Å²) >= 11 is 0. The molecule has 0 rings (SSSR count). The third-order valence-electron chi connectivity index (χ3n) is 7.15. The normalized spacial score (nSPS) is 11.1. The summed E-state index contributed by atoms with van der Waals surface area (Å²) in [6.45, 7) is 7.29. The van der Waals surface area contributed by atoms with E-state index in [0.29, 0.717) is 19.5 Å². The van der Waals surface area contributed by atoms with E-state index in [2.05, 4.69) is 18.7 Å². The van der Waals surface area contributed by atoms with Crippen LogP contribution in [0.15, 0.2) is 0 Å². The Bertz CT molecular complexity index is 414. The van der Waals surface area contributed by atoms with Gasteiger partial charge in [-0.1, -0.05) is 149 Å². The van der Waals surface area contributed by atoms with Crippen LogP contribution in [-0.4, -0.2) is 59.0 Å². The van der Waals surface area contributed by atoms with Crippen LogP contribution in [-0.2, 0) is 4.79 Å². The molecule has 0 aliphatic carbocycles. The number of aliphatic hydroxyl groups excluding tert-OH is 2. The predicted molar refractivity (Wildman–Crippen MR) is 160 cm³/mol. The van der Waals surface area contributed by atoms with Gasteiger partial charge < -0.3 is 15.3 Å². The molecule has 0 atom stereocenters. The lowest BCUT2D eigenvalue weighted by atomic mass is 10.0. The number of unbranched alkanes of at least 4 members (excludes halogenated alkanes) is 21. The highest BCUT2D eigenvalue weighted by Gasteiger charge is 2.02. The summed E-state index contributed by atoms with van der Waals surface area (Å²) in [6, 6.07) is 0. The van der Waals surface area contributed by atoms with E-state index in [1.165, 1.54) is 135 Å². The molecule has 0 spiro atoms. The third kappa shape index (κ3) is 37.6. The van der Waals surface area contributed by atoms with Crippen molar-refractivity contribution < 1.29 is 20.1 Å². The summed E-state index contributed by atoms with van der Waals surface area (Å²) in [5, 5.41) is 26.3. The van der Waals surface area contributed by atoms with Crippen molar-refractivity contribution in [2.45, 2.75) is 168 Å². The fourth-order valence-electron chi connectivity index (χ4n) is 4.74. The summed E-state index contributed by atoms with van der Waals surface area (Å²) in [5.41, 5.74) is 0. The molecule has 224 valence electrons. The molecular weight excluding hydrogens is 462 g/mol. The molecular formula is C32H67NO4. The molecule has 0 radical (unpaired) electrons. The summed E-state index contributed by atoms with van der Waals surface area (Å²) in [6.07, 6.45) is 30.9. The lowest BCUT2D eigenvalue weighted by Gasteiger charge is -2.19.